The first kappa shape index (κ1) is 17.4. The molecule has 0 bridgehead atoms. The van der Waals surface area contributed by atoms with Gasteiger partial charge in [-0.2, -0.15) is 0 Å². The monoisotopic (exact) mass is 357 g/mol. The van der Waals surface area contributed by atoms with Gasteiger partial charge < -0.3 is 14.1 Å². The average molecular weight is 357 g/mol. The van der Waals surface area contributed by atoms with Crippen molar-refractivity contribution in [1.82, 2.24) is 14.2 Å². The summed E-state index contributed by atoms with van der Waals surface area (Å²) >= 11 is 0. The highest BCUT2D eigenvalue weighted by Crippen LogP contribution is 2.44. The molecule has 8 nitrogen and oxygen atoms in total. The molecule has 0 spiro atoms. The zero-order chi connectivity index (χ0) is 17.5. The lowest BCUT2D eigenvalue weighted by molar-refractivity contribution is 0.00238. The largest absolute Gasteiger partial charge is 0.438 e. The first-order valence-corrected chi connectivity index (χ1v) is 9.75. The zero-order valence-electron chi connectivity index (χ0n) is 14.2. The van der Waals surface area contributed by atoms with Crippen LogP contribution in [0.1, 0.15) is 22.7 Å². The van der Waals surface area contributed by atoms with Crippen LogP contribution in [0.5, 0.6) is 0 Å². The van der Waals surface area contributed by atoms with Crippen LogP contribution in [0.15, 0.2) is 10.8 Å². The molecule has 24 heavy (non-hydrogen) atoms. The number of nitrogens with zero attached hydrogens (tertiary/aromatic N) is 3. The molecule has 0 N–H and O–H groups in total. The van der Waals surface area contributed by atoms with E-state index in [4.69, 9.17) is 9.15 Å². The minimum Gasteiger partial charge on any atom is -0.438 e. The lowest BCUT2D eigenvalue weighted by atomic mass is 9.73. The van der Waals surface area contributed by atoms with Crippen LogP contribution in [0.3, 0.4) is 0 Å². The molecule has 134 valence electrons. The van der Waals surface area contributed by atoms with Gasteiger partial charge in [0.05, 0.1) is 18.6 Å². The molecule has 2 fully saturated rings. The maximum atomic E-state index is 12.6. The molecule has 9 heteroatoms. The number of ether oxygens (including phenoxy) is 1. The first-order valence-electron chi connectivity index (χ1n) is 7.90. The Kier molecular flexibility index (Phi) is 4.43. The van der Waals surface area contributed by atoms with Crippen molar-refractivity contribution in [3.05, 3.63) is 17.8 Å². The molecule has 3 heterocycles. The van der Waals surface area contributed by atoms with Crippen molar-refractivity contribution in [1.29, 1.82) is 0 Å². The van der Waals surface area contributed by atoms with Crippen LogP contribution in [0, 0.1) is 18.3 Å². The fraction of sp³-hybridized carbons (Fsp3) is 0.733. The number of carbonyl (C=O) groups is 1. The van der Waals surface area contributed by atoms with E-state index >= 15 is 0 Å². The number of hydrogen-bond acceptors (Lipinski definition) is 6. The van der Waals surface area contributed by atoms with E-state index in [9.17, 15) is 13.2 Å². The normalized spacial score (nSPS) is 28.1. The third-order valence-electron chi connectivity index (χ3n) is 5.23. The molecular weight excluding hydrogens is 334 g/mol. The summed E-state index contributed by atoms with van der Waals surface area (Å²) in [5.41, 5.74) is 0.336. The summed E-state index contributed by atoms with van der Waals surface area (Å²) in [6.07, 6.45) is 3.20. The van der Waals surface area contributed by atoms with Crippen LogP contribution < -0.4 is 0 Å². The average Bonchev–Trinajstić information content (AvgIpc) is 3.09. The van der Waals surface area contributed by atoms with Crippen molar-refractivity contribution >= 4 is 15.9 Å². The minimum atomic E-state index is -3.26. The first-order chi connectivity index (χ1) is 11.3. The number of amides is 1. The molecule has 1 aromatic rings. The van der Waals surface area contributed by atoms with E-state index in [2.05, 4.69) is 4.98 Å². The van der Waals surface area contributed by atoms with Crippen LogP contribution in [-0.4, -0.2) is 74.7 Å². The second-order valence-electron chi connectivity index (χ2n) is 6.82. The van der Waals surface area contributed by atoms with Crippen molar-refractivity contribution in [3.8, 4) is 0 Å². The number of fused-ring (bicyclic) bond motifs is 1. The summed E-state index contributed by atoms with van der Waals surface area (Å²) in [4.78, 5) is 18.3. The SMILES string of the molecule is COC[C@@]12CCN(C(=O)c3ocnc3C)C[C@@H]1CN(S(C)(=O)=O)C2. The Morgan fingerprint density at radius 3 is 2.83 bits per heavy atom. The molecular formula is C15H23N3O5S. The Hall–Kier alpha value is -1.45. The Morgan fingerprint density at radius 2 is 2.25 bits per heavy atom. The second kappa shape index (κ2) is 6.12. The molecule has 2 aliphatic rings. The number of sulfonamides is 1. The lowest BCUT2D eigenvalue weighted by Gasteiger charge is -2.42. The van der Waals surface area contributed by atoms with E-state index in [1.54, 1.807) is 18.9 Å². The van der Waals surface area contributed by atoms with Crippen molar-refractivity contribution in [2.75, 3.05) is 46.2 Å². The highest BCUT2D eigenvalue weighted by molar-refractivity contribution is 7.88. The van der Waals surface area contributed by atoms with Crippen molar-refractivity contribution < 1.29 is 22.4 Å². The Labute approximate surface area is 141 Å². The van der Waals surface area contributed by atoms with E-state index in [1.165, 1.54) is 17.0 Å². The standard InChI is InChI=1S/C15H23N3O5S/c1-11-13(23-10-16-11)14(19)17-5-4-15(9-22-2)8-18(24(3,20)21)7-12(15)6-17/h10,12H,4-9H2,1-3H3/t12-,15+/m1/s1. The van der Waals surface area contributed by atoms with Gasteiger partial charge in [-0.1, -0.05) is 0 Å². The van der Waals surface area contributed by atoms with Gasteiger partial charge in [-0.25, -0.2) is 17.7 Å². The summed E-state index contributed by atoms with van der Waals surface area (Å²) in [5, 5.41) is 0. The molecule has 0 aromatic carbocycles. The van der Waals surface area contributed by atoms with Crippen LogP contribution in [-0.2, 0) is 14.8 Å². The van der Waals surface area contributed by atoms with Crippen LogP contribution in [0.4, 0.5) is 0 Å². The molecule has 2 aliphatic heterocycles. The van der Waals surface area contributed by atoms with Gasteiger partial charge in [0, 0.05) is 38.7 Å². The second-order valence-corrected chi connectivity index (χ2v) is 8.80. The fourth-order valence-electron chi connectivity index (χ4n) is 3.84. The van der Waals surface area contributed by atoms with Crippen molar-refractivity contribution in [2.45, 2.75) is 13.3 Å². The Morgan fingerprint density at radius 1 is 1.50 bits per heavy atom. The molecule has 0 radical (unpaired) electrons. The van der Waals surface area contributed by atoms with Crippen molar-refractivity contribution in [3.63, 3.8) is 0 Å². The van der Waals surface area contributed by atoms with Crippen molar-refractivity contribution in [2.24, 2.45) is 11.3 Å². The molecule has 0 aliphatic carbocycles. The maximum Gasteiger partial charge on any atom is 0.291 e. The van der Waals surface area contributed by atoms with Gasteiger partial charge in [0.15, 0.2) is 6.39 Å². The summed E-state index contributed by atoms with van der Waals surface area (Å²) in [6.45, 7) is 4.14. The Bertz CT molecular complexity index is 731. The van der Waals surface area contributed by atoms with Crippen LogP contribution in [0.2, 0.25) is 0 Å². The molecule has 1 aromatic heterocycles. The third-order valence-corrected chi connectivity index (χ3v) is 6.45. The molecule has 0 unspecified atom stereocenters. The van der Waals surface area contributed by atoms with Gasteiger partial charge >= 0.3 is 0 Å². The van der Waals surface area contributed by atoms with E-state index in [-0.39, 0.29) is 23.0 Å². The quantitative estimate of drug-likeness (QED) is 0.772. The number of aromatic nitrogens is 1. The highest BCUT2D eigenvalue weighted by atomic mass is 32.2. The Balaban J connectivity index is 1.81. The molecule has 0 saturated carbocycles. The summed E-state index contributed by atoms with van der Waals surface area (Å²) in [6, 6.07) is 0. The number of rotatable bonds is 4. The van der Waals surface area contributed by atoms with Gasteiger partial charge in [0.1, 0.15) is 0 Å². The minimum absolute atomic E-state index is 0.0492. The number of likely N-dealkylation sites (tertiary alicyclic amines) is 1. The highest BCUT2D eigenvalue weighted by Gasteiger charge is 2.52. The molecule has 3 rings (SSSR count). The molecule has 2 atom stereocenters. The van der Waals surface area contributed by atoms with Gasteiger partial charge in [-0.05, 0) is 19.3 Å². The van der Waals surface area contributed by atoms with Crippen LogP contribution >= 0.6 is 0 Å². The van der Waals surface area contributed by atoms with Gasteiger partial charge in [-0.15, -0.1) is 0 Å². The summed E-state index contributed by atoms with van der Waals surface area (Å²) in [7, 11) is -1.63. The number of piperidine rings is 1. The van der Waals surface area contributed by atoms with E-state index in [1.807, 2.05) is 0 Å². The number of hydrogen-bond donors (Lipinski definition) is 0. The predicted molar refractivity (Wildman–Crippen MR) is 86.0 cm³/mol. The molecule has 1 amide bonds. The zero-order valence-corrected chi connectivity index (χ0v) is 15.0. The maximum absolute atomic E-state index is 12.6. The molecule has 2 saturated heterocycles. The van der Waals surface area contributed by atoms with Gasteiger partial charge in [0.25, 0.3) is 5.91 Å². The predicted octanol–water partition coefficient (Wildman–Crippen LogP) is 0.353. The summed E-state index contributed by atoms with van der Waals surface area (Å²) < 4.78 is 36.0. The van der Waals surface area contributed by atoms with E-state index < -0.39 is 10.0 Å². The number of oxazole rings is 1. The fourth-order valence-corrected chi connectivity index (χ4v) is 4.79. The number of aryl methyl sites for hydroxylation is 1. The van der Waals surface area contributed by atoms with E-state index in [0.717, 1.165) is 0 Å². The summed E-state index contributed by atoms with van der Waals surface area (Å²) in [5.74, 6) is 0.120. The topological polar surface area (TPSA) is 92.9 Å². The van der Waals surface area contributed by atoms with Gasteiger partial charge in [0.2, 0.25) is 15.8 Å². The van der Waals surface area contributed by atoms with Gasteiger partial charge in [-0.3, -0.25) is 4.79 Å². The number of methoxy groups -OCH3 is 1. The lowest BCUT2D eigenvalue weighted by Crippen LogP contribution is -2.50. The third kappa shape index (κ3) is 2.96. The smallest absolute Gasteiger partial charge is 0.291 e. The number of carbonyl (C=O) groups excluding carboxylic acids is 1. The van der Waals surface area contributed by atoms with Crippen LogP contribution in [0.25, 0.3) is 0 Å². The van der Waals surface area contributed by atoms with E-state index in [0.29, 0.717) is 44.9 Å².